The minimum atomic E-state index is 0.555. The first kappa shape index (κ1) is 13.9. The van der Waals surface area contributed by atoms with E-state index in [1.807, 2.05) is 0 Å². The molecule has 1 nitrogen and oxygen atoms in total. The summed E-state index contributed by atoms with van der Waals surface area (Å²) in [5.41, 5.74) is 3.79. The molecular formula is C19H20BN+. The Balaban J connectivity index is 2.38. The standard InChI is InChI=1S/C19H20BN/c1-14(2)11-12-15-8-6-9-17-13-16-7-4-5-10-18(16)21(20-3)19(15)17/h4-14H,1-3H3/q+1/b12-11+. The average molecular weight is 273 g/mol. The van der Waals surface area contributed by atoms with Crippen molar-refractivity contribution in [3.05, 3.63) is 60.2 Å². The summed E-state index contributed by atoms with van der Waals surface area (Å²) >= 11 is 0. The van der Waals surface area contributed by atoms with Crippen LogP contribution in [0.15, 0.2) is 54.6 Å². The Labute approximate surface area is 127 Å². The summed E-state index contributed by atoms with van der Waals surface area (Å²) < 4.78 is 2.30. The Morgan fingerprint density at radius 3 is 2.52 bits per heavy atom. The first-order valence-corrected chi connectivity index (χ1v) is 7.54. The van der Waals surface area contributed by atoms with Gasteiger partial charge < -0.3 is 0 Å². The molecule has 2 heteroatoms. The largest absolute Gasteiger partial charge is 0.536 e. The zero-order valence-corrected chi connectivity index (χ0v) is 12.9. The maximum absolute atomic E-state index is 2.30. The number of hydrogen-bond acceptors (Lipinski definition) is 0. The topological polar surface area (TPSA) is 3.88 Å². The van der Waals surface area contributed by atoms with E-state index in [0.29, 0.717) is 5.92 Å². The van der Waals surface area contributed by atoms with Crippen molar-refractivity contribution in [2.75, 3.05) is 0 Å². The molecule has 103 valence electrons. The van der Waals surface area contributed by atoms with Crippen LogP contribution in [-0.4, -0.2) is 7.41 Å². The van der Waals surface area contributed by atoms with Gasteiger partial charge in [0.2, 0.25) is 0 Å². The summed E-state index contributed by atoms with van der Waals surface area (Å²) in [6, 6.07) is 17.3. The van der Waals surface area contributed by atoms with Crippen LogP contribution in [0.25, 0.3) is 27.9 Å². The molecule has 3 aromatic rings. The number of benzene rings is 2. The zero-order valence-electron chi connectivity index (χ0n) is 12.9. The van der Waals surface area contributed by atoms with Crippen LogP contribution in [0.4, 0.5) is 0 Å². The Kier molecular flexibility index (Phi) is 3.79. The van der Waals surface area contributed by atoms with Crippen molar-refractivity contribution in [2.24, 2.45) is 5.92 Å². The first-order valence-electron chi connectivity index (χ1n) is 7.54. The average Bonchev–Trinajstić information content (AvgIpc) is 2.50. The predicted molar refractivity (Wildman–Crippen MR) is 92.5 cm³/mol. The SMILES string of the molecule is C[B][n+]1c2ccccc2cc2cccc(/C=C/C(C)C)c21. The molecule has 0 unspecified atom stereocenters. The number of pyridine rings is 1. The molecule has 0 fully saturated rings. The fraction of sp³-hybridized carbons (Fsp3) is 0.211. The van der Waals surface area contributed by atoms with E-state index in [2.05, 4.69) is 93.2 Å². The molecule has 0 saturated carbocycles. The van der Waals surface area contributed by atoms with Crippen LogP contribution >= 0.6 is 0 Å². The third-order valence-electron chi connectivity index (χ3n) is 3.77. The van der Waals surface area contributed by atoms with Crippen LogP contribution in [0.5, 0.6) is 0 Å². The lowest BCUT2D eigenvalue weighted by Crippen LogP contribution is -2.40. The third kappa shape index (κ3) is 2.58. The Morgan fingerprint density at radius 1 is 1.00 bits per heavy atom. The molecule has 1 aromatic heterocycles. The number of fused-ring (bicyclic) bond motifs is 2. The first-order chi connectivity index (χ1) is 10.2. The Bertz CT molecular complexity index is 818. The van der Waals surface area contributed by atoms with E-state index in [-0.39, 0.29) is 0 Å². The van der Waals surface area contributed by atoms with E-state index in [9.17, 15) is 0 Å². The normalized spacial score (nSPS) is 11.8. The molecule has 1 heterocycles. The van der Waals surface area contributed by atoms with Crippen molar-refractivity contribution in [3.63, 3.8) is 0 Å². The molecule has 1 radical (unpaired) electrons. The van der Waals surface area contributed by atoms with Crippen molar-refractivity contribution in [2.45, 2.75) is 20.7 Å². The monoisotopic (exact) mass is 273 g/mol. The van der Waals surface area contributed by atoms with Gasteiger partial charge in [-0.05, 0) is 37.0 Å². The molecule has 0 aliphatic heterocycles. The number of aromatic nitrogens is 1. The molecular weight excluding hydrogens is 253 g/mol. The smallest absolute Gasteiger partial charge is 0.277 e. The van der Waals surface area contributed by atoms with Gasteiger partial charge in [0, 0.05) is 22.4 Å². The highest BCUT2D eigenvalue weighted by Gasteiger charge is 2.16. The number of nitrogens with zero attached hydrogens (tertiary/aromatic N) is 1. The van der Waals surface area contributed by atoms with Crippen molar-refractivity contribution in [3.8, 4) is 0 Å². The van der Waals surface area contributed by atoms with Gasteiger partial charge in [-0.25, -0.2) is 0 Å². The molecule has 0 amide bonds. The second kappa shape index (κ2) is 5.73. The Hall–Kier alpha value is -2.09. The van der Waals surface area contributed by atoms with E-state index < -0.39 is 0 Å². The quantitative estimate of drug-likeness (QED) is 0.490. The van der Waals surface area contributed by atoms with Gasteiger partial charge in [-0.2, -0.15) is 0 Å². The molecule has 0 aliphatic carbocycles. The van der Waals surface area contributed by atoms with Crippen molar-refractivity contribution < 1.29 is 4.48 Å². The van der Waals surface area contributed by atoms with Gasteiger partial charge in [0.15, 0.2) is 11.0 Å². The lowest BCUT2D eigenvalue weighted by Gasteiger charge is -2.07. The summed E-state index contributed by atoms with van der Waals surface area (Å²) in [4.78, 5) is 0. The van der Waals surface area contributed by atoms with E-state index in [1.165, 1.54) is 27.4 Å². The van der Waals surface area contributed by atoms with Crippen LogP contribution in [-0.2, 0) is 0 Å². The van der Waals surface area contributed by atoms with Gasteiger partial charge in [0.25, 0.3) is 0 Å². The van der Waals surface area contributed by atoms with E-state index in [1.54, 1.807) is 0 Å². The lowest BCUT2D eigenvalue weighted by atomic mass is 9.93. The zero-order chi connectivity index (χ0) is 14.8. The minimum absolute atomic E-state index is 0.555. The summed E-state index contributed by atoms with van der Waals surface area (Å²) in [6.45, 7) is 6.50. The van der Waals surface area contributed by atoms with Crippen LogP contribution in [0.1, 0.15) is 19.4 Å². The summed E-state index contributed by atoms with van der Waals surface area (Å²) in [7, 11) is 2.15. The number of para-hydroxylation sites is 2. The molecule has 0 aliphatic rings. The molecule has 0 bridgehead atoms. The lowest BCUT2D eigenvalue weighted by molar-refractivity contribution is -0.467. The second-order valence-corrected chi connectivity index (χ2v) is 5.72. The summed E-state index contributed by atoms with van der Waals surface area (Å²) in [5.74, 6) is 0.555. The van der Waals surface area contributed by atoms with Crippen molar-refractivity contribution >= 4 is 35.3 Å². The van der Waals surface area contributed by atoms with E-state index in [0.717, 1.165) is 0 Å². The maximum Gasteiger partial charge on any atom is 0.536 e. The fourth-order valence-electron chi connectivity index (χ4n) is 2.79. The molecule has 0 saturated heterocycles. The van der Waals surface area contributed by atoms with Gasteiger partial charge in [0.05, 0.1) is 0 Å². The van der Waals surface area contributed by atoms with E-state index >= 15 is 0 Å². The second-order valence-electron chi connectivity index (χ2n) is 5.72. The van der Waals surface area contributed by atoms with Gasteiger partial charge >= 0.3 is 7.41 Å². The minimum Gasteiger partial charge on any atom is -0.277 e. The highest BCUT2D eigenvalue weighted by molar-refractivity contribution is 6.24. The molecule has 0 spiro atoms. The third-order valence-corrected chi connectivity index (χ3v) is 3.77. The summed E-state index contributed by atoms with van der Waals surface area (Å²) in [6.07, 6.45) is 4.49. The molecule has 2 aromatic carbocycles. The van der Waals surface area contributed by atoms with Gasteiger partial charge in [-0.3, -0.25) is 4.48 Å². The highest BCUT2D eigenvalue weighted by atomic mass is 14.9. The molecule has 0 N–H and O–H groups in total. The fourth-order valence-corrected chi connectivity index (χ4v) is 2.79. The van der Waals surface area contributed by atoms with Crippen molar-refractivity contribution in [1.29, 1.82) is 0 Å². The summed E-state index contributed by atoms with van der Waals surface area (Å²) in [5, 5.41) is 2.55. The van der Waals surface area contributed by atoms with Crippen LogP contribution in [0, 0.1) is 5.92 Å². The highest BCUT2D eigenvalue weighted by Crippen LogP contribution is 2.22. The number of rotatable bonds is 3. The molecule has 21 heavy (non-hydrogen) atoms. The Morgan fingerprint density at radius 2 is 1.76 bits per heavy atom. The van der Waals surface area contributed by atoms with Gasteiger partial charge in [0.1, 0.15) is 0 Å². The van der Waals surface area contributed by atoms with Crippen LogP contribution < -0.4 is 4.48 Å². The number of hydrogen-bond donors (Lipinski definition) is 0. The van der Waals surface area contributed by atoms with Gasteiger partial charge in [-0.1, -0.05) is 44.2 Å². The number of allylic oxidation sites excluding steroid dienone is 1. The predicted octanol–water partition coefficient (Wildman–Crippen LogP) is 4.47. The molecule has 3 rings (SSSR count). The van der Waals surface area contributed by atoms with Crippen LogP contribution in [0.2, 0.25) is 6.82 Å². The van der Waals surface area contributed by atoms with Crippen molar-refractivity contribution in [1.82, 2.24) is 0 Å². The van der Waals surface area contributed by atoms with E-state index in [4.69, 9.17) is 0 Å². The molecule has 0 atom stereocenters. The van der Waals surface area contributed by atoms with Crippen LogP contribution in [0.3, 0.4) is 0 Å². The maximum atomic E-state index is 2.30. The van der Waals surface area contributed by atoms with Gasteiger partial charge in [-0.15, -0.1) is 0 Å².